The molecule has 1 fully saturated rings. The SMILES string of the molecule is NC(=O)[C@H]1CCCN(c2nc3ccccc3o2)C1. The summed E-state index contributed by atoms with van der Waals surface area (Å²) >= 11 is 0. The lowest BCUT2D eigenvalue weighted by Crippen LogP contribution is -2.41. The molecule has 0 radical (unpaired) electrons. The monoisotopic (exact) mass is 245 g/mol. The molecule has 1 aliphatic heterocycles. The molecule has 1 atom stereocenters. The second-order valence-corrected chi connectivity index (χ2v) is 4.65. The zero-order chi connectivity index (χ0) is 12.5. The van der Waals surface area contributed by atoms with Crippen LogP contribution in [0.5, 0.6) is 0 Å². The van der Waals surface area contributed by atoms with Gasteiger partial charge < -0.3 is 15.1 Å². The molecule has 0 bridgehead atoms. The van der Waals surface area contributed by atoms with Crippen molar-refractivity contribution in [3.8, 4) is 0 Å². The number of nitrogens with two attached hydrogens (primary N) is 1. The number of anilines is 1. The summed E-state index contributed by atoms with van der Waals surface area (Å²) in [7, 11) is 0. The molecule has 3 rings (SSSR count). The van der Waals surface area contributed by atoms with Crippen molar-refractivity contribution >= 4 is 23.0 Å². The Morgan fingerprint density at radius 2 is 2.28 bits per heavy atom. The maximum Gasteiger partial charge on any atom is 0.298 e. The van der Waals surface area contributed by atoms with Gasteiger partial charge in [-0.15, -0.1) is 0 Å². The van der Waals surface area contributed by atoms with Gasteiger partial charge in [0.1, 0.15) is 5.52 Å². The largest absolute Gasteiger partial charge is 0.423 e. The number of para-hydroxylation sites is 2. The van der Waals surface area contributed by atoms with Crippen molar-refractivity contribution in [1.82, 2.24) is 4.98 Å². The first-order valence-electron chi connectivity index (χ1n) is 6.14. The lowest BCUT2D eigenvalue weighted by atomic mass is 9.98. The number of nitrogens with zero attached hydrogens (tertiary/aromatic N) is 2. The van der Waals surface area contributed by atoms with Crippen LogP contribution in [-0.2, 0) is 4.79 Å². The predicted octanol–water partition coefficient (Wildman–Crippen LogP) is 1.53. The Morgan fingerprint density at radius 3 is 3.06 bits per heavy atom. The summed E-state index contributed by atoms with van der Waals surface area (Å²) in [6.07, 6.45) is 1.79. The highest BCUT2D eigenvalue weighted by Crippen LogP contribution is 2.26. The highest BCUT2D eigenvalue weighted by atomic mass is 16.4. The van der Waals surface area contributed by atoms with Gasteiger partial charge in [0.05, 0.1) is 5.92 Å². The van der Waals surface area contributed by atoms with Gasteiger partial charge in [0.25, 0.3) is 6.01 Å². The molecule has 5 nitrogen and oxygen atoms in total. The van der Waals surface area contributed by atoms with Gasteiger partial charge in [0.2, 0.25) is 5.91 Å². The number of rotatable bonds is 2. The lowest BCUT2D eigenvalue weighted by molar-refractivity contribution is -0.122. The van der Waals surface area contributed by atoms with Crippen molar-refractivity contribution in [2.45, 2.75) is 12.8 Å². The van der Waals surface area contributed by atoms with E-state index in [-0.39, 0.29) is 11.8 Å². The highest BCUT2D eigenvalue weighted by molar-refractivity contribution is 5.78. The van der Waals surface area contributed by atoms with Crippen LogP contribution >= 0.6 is 0 Å². The fourth-order valence-corrected chi connectivity index (χ4v) is 2.38. The zero-order valence-corrected chi connectivity index (χ0v) is 10.0. The lowest BCUT2D eigenvalue weighted by Gasteiger charge is -2.29. The molecule has 1 saturated heterocycles. The zero-order valence-electron chi connectivity index (χ0n) is 10.0. The van der Waals surface area contributed by atoms with Crippen molar-refractivity contribution in [3.05, 3.63) is 24.3 Å². The maximum atomic E-state index is 11.2. The summed E-state index contributed by atoms with van der Waals surface area (Å²) in [5.74, 6) is -0.343. The van der Waals surface area contributed by atoms with Crippen molar-refractivity contribution in [1.29, 1.82) is 0 Å². The van der Waals surface area contributed by atoms with Crippen LogP contribution < -0.4 is 10.6 Å². The van der Waals surface area contributed by atoms with Gasteiger partial charge in [0, 0.05) is 13.1 Å². The first-order valence-corrected chi connectivity index (χ1v) is 6.14. The second-order valence-electron chi connectivity index (χ2n) is 4.65. The summed E-state index contributed by atoms with van der Waals surface area (Å²) < 4.78 is 5.70. The van der Waals surface area contributed by atoms with E-state index in [0.717, 1.165) is 30.5 Å². The van der Waals surface area contributed by atoms with Gasteiger partial charge in [-0.2, -0.15) is 4.98 Å². The fraction of sp³-hybridized carbons (Fsp3) is 0.385. The number of hydrogen-bond acceptors (Lipinski definition) is 4. The number of primary amides is 1. The Balaban J connectivity index is 1.87. The molecule has 5 heteroatoms. The molecule has 1 aliphatic rings. The molecule has 2 aromatic rings. The molecule has 18 heavy (non-hydrogen) atoms. The van der Waals surface area contributed by atoms with Gasteiger partial charge in [-0.25, -0.2) is 0 Å². The second kappa shape index (κ2) is 4.33. The standard InChI is InChI=1S/C13H15N3O2/c14-12(17)9-4-3-7-16(8-9)13-15-10-5-1-2-6-11(10)18-13/h1-2,5-6,9H,3-4,7-8H2,(H2,14,17)/t9-/m0/s1. The van der Waals surface area contributed by atoms with Crippen LogP contribution in [0.4, 0.5) is 6.01 Å². The minimum absolute atomic E-state index is 0.103. The van der Waals surface area contributed by atoms with Crippen molar-refractivity contribution in [3.63, 3.8) is 0 Å². The number of carbonyl (C=O) groups is 1. The number of amides is 1. The molecule has 1 aromatic carbocycles. The Labute approximate surface area is 105 Å². The van der Waals surface area contributed by atoms with Crippen molar-refractivity contribution < 1.29 is 9.21 Å². The maximum absolute atomic E-state index is 11.2. The average molecular weight is 245 g/mol. The fourth-order valence-electron chi connectivity index (χ4n) is 2.38. The molecular formula is C13H15N3O2. The molecule has 1 amide bonds. The van der Waals surface area contributed by atoms with Crippen LogP contribution in [0.2, 0.25) is 0 Å². The van der Waals surface area contributed by atoms with Crippen LogP contribution in [0.1, 0.15) is 12.8 Å². The Bertz CT molecular complexity index is 545. The molecule has 1 aromatic heterocycles. The summed E-state index contributed by atoms with van der Waals surface area (Å²) in [4.78, 5) is 17.7. The van der Waals surface area contributed by atoms with E-state index in [2.05, 4.69) is 4.98 Å². The Kier molecular flexibility index (Phi) is 2.66. The molecule has 2 heterocycles. The Morgan fingerprint density at radius 1 is 1.44 bits per heavy atom. The quantitative estimate of drug-likeness (QED) is 0.870. The van der Waals surface area contributed by atoms with E-state index in [1.54, 1.807) is 0 Å². The first-order chi connectivity index (χ1) is 8.74. The number of carbonyl (C=O) groups excluding carboxylic acids is 1. The number of benzene rings is 1. The van der Waals surface area contributed by atoms with E-state index in [9.17, 15) is 4.79 Å². The Hall–Kier alpha value is -2.04. The summed E-state index contributed by atoms with van der Waals surface area (Å²) in [5.41, 5.74) is 6.98. The van der Waals surface area contributed by atoms with Crippen molar-refractivity contribution in [2.24, 2.45) is 11.7 Å². The molecule has 0 spiro atoms. The van der Waals surface area contributed by atoms with Crippen LogP contribution in [0, 0.1) is 5.92 Å². The summed E-state index contributed by atoms with van der Waals surface area (Å²) in [6.45, 7) is 1.46. The minimum atomic E-state index is -0.240. The topological polar surface area (TPSA) is 72.4 Å². The number of fused-ring (bicyclic) bond motifs is 1. The van der Waals surface area contributed by atoms with E-state index in [0.29, 0.717) is 12.6 Å². The van der Waals surface area contributed by atoms with Gasteiger partial charge in [-0.05, 0) is 25.0 Å². The van der Waals surface area contributed by atoms with Crippen LogP contribution in [-0.4, -0.2) is 24.0 Å². The third kappa shape index (κ3) is 1.92. The summed E-state index contributed by atoms with van der Waals surface area (Å²) in [5, 5.41) is 0. The molecule has 0 unspecified atom stereocenters. The van der Waals surface area contributed by atoms with E-state index < -0.39 is 0 Å². The first kappa shape index (κ1) is 11.1. The normalized spacial score (nSPS) is 20.2. The molecule has 2 N–H and O–H groups in total. The number of aromatic nitrogens is 1. The highest BCUT2D eigenvalue weighted by Gasteiger charge is 2.26. The minimum Gasteiger partial charge on any atom is -0.423 e. The molecule has 0 saturated carbocycles. The molecule has 94 valence electrons. The van der Waals surface area contributed by atoms with Gasteiger partial charge in [-0.3, -0.25) is 4.79 Å². The van der Waals surface area contributed by atoms with Crippen LogP contribution in [0.15, 0.2) is 28.7 Å². The number of oxazole rings is 1. The molecular weight excluding hydrogens is 230 g/mol. The van der Waals surface area contributed by atoms with E-state index in [1.165, 1.54) is 0 Å². The van der Waals surface area contributed by atoms with Gasteiger partial charge in [-0.1, -0.05) is 12.1 Å². The third-order valence-electron chi connectivity index (χ3n) is 3.38. The van der Waals surface area contributed by atoms with Crippen molar-refractivity contribution in [2.75, 3.05) is 18.0 Å². The van der Waals surface area contributed by atoms with E-state index in [4.69, 9.17) is 10.2 Å². The van der Waals surface area contributed by atoms with E-state index >= 15 is 0 Å². The van der Waals surface area contributed by atoms with Gasteiger partial charge in [0.15, 0.2) is 5.58 Å². The van der Waals surface area contributed by atoms with Crippen LogP contribution in [0.25, 0.3) is 11.1 Å². The van der Waals surface area contributed by atoms with E-state index in [1.807, 2.05) is 29.2 Å². The molecule has 0 aliphatic carbocycles. The summed E-state index contributed by atoms with van der Waals surface area (Å²) in [6, 6.07) is 8.23. The number of piperidine rings is 1. The predicted molar refractivity (Wildman–Crippen MR) is 68.1 cm³/mol. The van der Waals surface area contributed by atoms with Crippen LogP contribution in [0.3, 0.4) is 0 Å². The number of hydrogen-bond donors (Lipinski definition) is 1. The third-order valence-corrected chi connectivity index (χ3v) is 3.38. The smallest absolute Gasteiger partial charge is 0.298 e. The average Bonchev–Trinajstić information content (AvgIpc) is 2.82. The van der Waals surface area contributed by atoms with Gasteiger partial charge >= 0.3 is 0 Å².